The molecule has 0 bridgehead atoms. The maximum atomic E-state index is 7.88. The van der Waals surface area contributed by atoms with E-state index in [0.29, 0.717) is 0 Å². The van der Waals surface area contributed by atoms with Crippen LogP contribution in [0.1, 0.15) is 186 Å². The fraction of sp³-hybridized carbons (Fsp3) is 0.368. The molecular weight excluding hydrogens is 968 g/mol. The van der Waals surface area contributed by atoms with Crippen molar-refractivity contribution in [1.82, 2.24) is 0 Å². The van der Waals surface area contributed by atoms with E-state index in [1.54, 1.807) is 0 Å². The van der Waals surface area contributed by atoms with Crippen LogP contribution >= 0.6 is 0 Å². The van der Waals surface area contributed by atoms with E-state index in [0.717, 1.165) is 43.3 Å². The minimum Gasteiger partial charge on any atom is -0.468 e. The van der Waals surface area contributed by atoms with Crippen LogP contribution in [0.5, 0.6) is 0 Å². The Morgan fingerprint density at radius 2 is 0.912 bits per heavy atom. The van der Waals surface area contributed by atoms with Crippen LogP contribution in [0.15, 0.2) is 138 Å². The highest BCUT2D eigenvalue weighted by Gasteiger charge is 2.51. The molecule has 15 rings (SSSR count). The second-order valence-corrected chi connectivity index (χ2v) is 30.2. The van der Waals surface area contributed by atoms with E-state index in [-0.39, 0.29) is 44.6 Å². The van der Waals surface area contributed by atoms with E-state index in [4.69, 9.17) is 4.42 Å². The Morgan fingerprint density at radius 3 is 1.55 bits per heavy atom. The summed E-state index contributed by atoms with van der Waals surface area (Å²) >= 11 is 0. The summed E-state index contributed by atoms with van der Waals surface area (Å²) in [5.74, 6) is 0. The number of furan rings is 1. The predicted molar refractivity (Wildman–Crippen MR) is 341 cm³/mol. The monoisotopic (exact) mass is 1050 g/mol. The van der Waals surface area contributed by atoms with Gasteiger partial charge in [0.2, 0.25) is 0 Å². The van der Waals surface area contributed by atoms with Crippen LogP contribution in [-0.4, -0.2) is 6.71 Å². The van der Waals surface area contributed by atoms with E-state index in [2.05, 4.69) is 247 Å². The molecule has 0 saturated heterocycles. The maximum absolute atomic E-state index is 7.88. The highest BCUT2D eigenvalue weighted by Crippen LogP contribution is 2.58. The van der Waals surface area contributed by atoms with Crippen molar-refractivity contribution in [2.45, 2.75) is 180 Å². The van der Waals surface area contributed by atoms with Crippen LogP contribution in [0, 0.1) is 6.92 Å². The van der Waals surface area contributed by atoms with Gasteiger partial charge in [-0.2, -0.15) is 0 Å². The molecule has 0 N–H and O–H groups in total. The minimum absolute atomic E-state index is 0.0129. The Kier molecular flexibility index (Phi) is 10.1. The van der Waals surface area contributed by atoms with Crippen molar-refractivity contribution in [2.24, 2.45) is 0 Å². The number of nitrogens with zero attached hydrogens (tertiary/aromatic N) is 2. The zero-order valence-corrected chi connectivity index (χ0v) is 50.3. The summed E-state index contributed by atoms with van der Waals surface area (Å²) in [5.41, 5.74) is 29.9. The van der Waals surface area contributed by atoms with Gasteiger partial charge >= 0.3 is 0 Å². The molecule has 0 unspecified atom stereocenters. The largest absolute Gasteiger partial charge is 0.468 e. The number of anilines is 6. The molecule has 9 aromatic rings. The van der Waals surface area contributed by atoms with Gasteiger partial charge in [0.15, 0.2) is 0 Å². The molecule has 3 heterocycles. The molecule has 0 amide bonds. The quantitative estimate of drug-likeness (QED) is 0.164. The molecule has 8 aromatic carbocycles. The van der Waals surface area contributed by atoms with E-state index >= 15 is 0 Å². The number of fused-ring (bicyclic) bond motifs is 13. The van der Waals surface area contributed by atoms with Crippen molar-refractivity contribution in [1.29, 1.82) is 0 Å². The standard InChI is InChI=1S/C76H79BN2O/c1-44-33-64-67-65(34-44)79(62-42-59-57(72(6,7)29-31-74(59,10)11)38-49(62)45-21-17-16-18-22-45)63-40-51-50-35-46-23-19-20-24-47(46)36-54(50)76(14,15)55(51)41-61(63)77(67)69-68(52-39-58-60(43-66(52)80-69)75(12,13)32-30-73(58,8)9)78(64)48-25-26-53-56(37-48)71(4,5)28-27-70(53,2)3/h16-26,33-43H,27-32H2,1-15H3. The van der Waals surface area contributed by atoms with Crippen LogP contribution < -0.4 is 26.4 Å². The number of hydrogen-bond acceptors (Lipinski definition) is 3. The molecule has 6 aliphatic rings. The van der Waals surface area contributed by atoms with E-state index in [9.17, 15) is 0 Å². The van der Waals surface area contributed by atoms with Gasteiger partial charge in [-0.25, -0.2) is 0 Å². The van der Waals surface area contributed by atoms with Gasteiger partial charge < -0.3 is 14.2 Å². The summed E-state index contributed by atoms with van der Waals surface area (Å²) in [4.78, 5) is 5.41. The van der Waals surface area contributed by atoms with Crippen LogP contribution in [0.2, 0.25) is 0 Å². The van der Waals surface area contributed by atoms with Gasteiger partial charge in [-0.15, -0.1) is 0 Å². The minimum atomic E-state index is -0.251. The van der Waals surface area contributed by atoms with Gasteiger partial charge in [0, 0.05) is 39.1 Å². The van der Waals surface area contributed by atoms with Crippen molar-refractivity contribution in [3.8, 4) is 22.3 Å². The first-order chi connectivity index (χ1) is 37.8. The second kappa shape index (κ2) is 16.0. The van der Waals surface area contributed by atoms with Crippen molar-refractivity contribution in [2.75, 3.05) is 9.80 Å². The molecule has 0 radical (unpaired) electrons. The van der Waals surface area contributed by atoms with Crippen molar-refractivity contribution >= 4 is 79.2 Å². The van der Waals surface area contributed by atoms with Crippen LogP contribution in [0.4, 0.5) is 34.1 Å². The Morgan fingerprint density at radius 1 is 0.400 bits per heavy atom. The first kappa shape index (κ1) is 50.2. The van der Waals surface area contributed by atoms with Crippen molar-refractivity contribution in [3.05, 3.63) is 184 Å². The second-order valence-electron chi connectivity index (χ2n) is 30.2. The fourth-order valence-corrected chi connectivity index (χ4v) is 16.5. The zero-order valence-electron chi connectivity index (χ0n) is 50.3. The van der Waals surface area contributed by atoms with Gasteiger partial charge in [0.25, 0.3) is 6.71 Å². The summed E-state index contributed by atoms with van der Waals surface area (Å²) < 4.78 is 7.88. The highest BCUT2D eigenvalue weighted by atomic mass is 16.3. The van der Waals surface area contributed by atoms with Gasteiger partial charge in [0.1, 0.15) is 5.58 Å². The van der Waals surface area contributed by atoms with Crippen LogP contribution in [-0.2, 0) is 37.9 Å². The summed E-state index contributed by atoms with van der Waals surface area (Å²) in [6, 6.07) is 53.3. The lowest BCUT2D eigenvalue weighted by atomic mass is 9.35. The van der Waals surface area contributed by atoms with Crippen molar-refractivity contribution < 1.29 is 4.42 Å². The fourth-order valence-electron chi connectivity index (χ4n) is 16.5. The topological polar surface area (TPSA) is 19.6 Å². The summed E-state index contributed by atoms with van der Waals surface area (Å²) in [6.07, 6.45) is 6.92. The Labute approximate surface area is 476 Å². The Balaban J connectivity index is 1.10. The summed E-state index contributed by atoms with van der Waals surface area (Å²) in [7, 11) is 0. The van der Waals surface area contributed by atoms with Gasteiger partial charge in [-0.1, -0.05) is 164 Å². The molecule has 0 fully saturated rings. The smallest absolute Gasteiger partial charge is 0.297 e. The number of aryl methyl sites for hydroxylation is 1. The molecule has 4 heteroatoms. The third-order valence-electron chi connectivity index (χ3n) is 21.8. The molecule has 402 valence electrons. The average Bonchev–Trinajstić information content (AvgIpc) is 3.50. The molecule has 1 aromatic heterocycles. The molecule has 80 heavy (non-hydrogen) atoms. The molecule has 0 atom stereocenters. The first-order valence-electron chi connectivity index (χ1n) is 30.2. The van der Waals surface area contributed by atoms with Crippen LogP contribution in [0.3, 0.4) is 0 Å². The third kappa shape index (κ3) is 6.86. The zero-order chi connectivity index (χ0) is 55.7. The molecule has 2 aliphatic heterocycles. The van der Waals surface area contributed by atoms with Gasteiger partial charge in [0.05, 0.1) is 17.0 Å². The van der Waals surface area contributed by atoms with E-state index in [1.165, 1.54) is 140 Å². The molecule has 4 aliphatic carbocycles. The normalized spacial score (nSPS) is 20.3. The highest BCUT2D eigenvalue weighted by molar-refractivity contribution is 7.00. The molecule has 3 nitrogen and oxygen atoms in total. The maximum Gasteiger partial charge on any atom is 0.297 e. The predicted octanol–water partition coefficient (Wildman–Crippen LogP) is 19.0. The first-order valence-corrected chi connectivity index (χ1v) is 30.2. The van der Waals surface area contributed by atoms with Gasteiger partial charge in [-0.3, -0.25) is 0 Å². The van der Waals surface area contributed by atoms with E-state index in [1.807, 2.05) is 0 Å². The SMILES string of the molecule is Cc1cc2c3c(c1)N(c1ccc4c(c1)C(C)(C)CCC4(C)C)c1c(oc4cc5c(cc14)C(C)(C)CCC5(C)C)B3c1cc3c(cc1N2c1cc2c(cc1-c1ccccc1)C(C)(C)CCC2(C)C)-c1cc2ccccc2cc1C3(C)C. The van der Waals surface area contributed by atoms with Crippen molar-refractivity contribution in [3.63, 3.8) is 0 Å². The lowest BCUT2D eigenvalue weighted by Gasteiger charge is -2.46. The van der Waals surface area contributed by atoms with Crippen LogP contribution in [0.25, 0.3) is 44.0 Å². The molecule has 0 spiro atoms. The Bertz CT molecular complexity index is 4190. The number of hydrogen-bond donors (Lipinski definition) is 0. The van der Waals surface area contributed by atoms with Gasteiger partial charge in [-0.05, 0) is 233 Å². The molecule has 0 saturated carbocycles. The summed E-state index contributed by atoms with van der Waals surface area (Å²) in [6.45, 7) is 36.7. The third-order valence-corrected chi connectivity index (χ3v) is 21.8. The lowest BCUT2D eigenvalue weighted by molar-refractivity contribution is 0.332. The van der Waals surface area contributed by atoms with E-state index < -0.39 is 0 Å². The Hall–Kier alpha value is -6.78. The average molecular weight is 1050 g/mol. The lowest BCUT2D eigenvalue weighted by Crippen LogP contribution is -2.61. The summed E-state index contributed by atoms with van der Waals surface area (Å²) in [5, 5.41) is 3.79. The number of benzene rings is 8. The number of rotatable bonds is 3. The molecular formula is C76H79BN2O.